The molecule has 1 spiro atoms. The van der Waals surface area contributed by atoms with Gasteiger partial charge in [0, 0.05) is 19.8 Å². The number of hydrogen-bond donors (Lipinski definition) is 2. The van der Waals surface area contributed by atoms with Gasteiger partial charge in [-0.3, -0.25) is 4.99 Å². The van der Waals surface area contributed by atoms with E-state index in [1.165, 1.54) is 41.8 Å². The number of hydrogen-bond acceptors (Lipinski definition) is 3. The minimum Gasteiger partial charge on any atom is -0.378 e. The van der Waals surface area contributed by atoms with Crippen LogP contribution in [0.25, 0.3) is 0 Å². The second-order valence-electron chi connectivity index (χ2n) is 8.17. The molecule has 0 bridgehead atoms. The second kappa shape index (κ2) is 7.26. The van der Waals surface area contributed by atoms with Crippen LogP contribution in [0.3, 0.4) is 0 Å². The van der Waals surface area contributed by atoms with Gasteiger partial charge < -0.3 is 15.5 Å². The molecule has 0 amide bonds. The summed E-state index contributed by atoms with van der Waals surface area (Å²) in [5, 5.41) is 7.56. The summed E-state index contributed by atoms with van der Waals surface area (Å²) in [6.07, 6.45) is 6.11. The molecule has 4 rings (SSSR count). The smallest absolute Gasteiger partial charge is 0.127 e. The molecule has 4 nitrogen and oxygen atoms in total. The summed E-state index contributed by atoms with van der Waals surface area (Å²) >= 11 is 0. The van der Waals surface area contributed by atoms with Gasteiger partial charge in [0.25, 0.3) is 0 Å². The fraction of sp³-hybridized carbons (Fsp3) is 0.435. The molecule has 0 saturated heterocycles. The number of rotatable bonds is 3. The summed E-state index contributed by atoms with van der Waals surface area (Å²) in [5.74, 6) is 1.10. The van der Waals surface area contributed by atoms with Crippen LogP contribution in [0.15, 0.2) is 47.5 Å². The highest BCUT2D eigenvalue weighted by atomic mass is 15.2. The highest BCUT2D eigenvalue weighted by Gasteiger charge is 2.40. The van der Waals surface area contributed by atoms with Gasteiger partial charge in [0.2, 0.25) is 0 Å². The third kappa shape index (κ3) is 3.66. The lowest BCUT2D eigenvalue weighted by Gasteiger charge is -2.44. The quantitative estimate of drug-likeness (QED) is 0.788. The summed E-state index contributed by atoms with van der Waals surface area (Å²) in [4.78, 5) is 7.21. The van der Waals surface area contributed by atoms with E-state index in [1.807, 2.05) is 0 Å². The third-order valence-electron chi connectivity index (χ3n) is 5.81. The van der Waals surface area contributed by atoms with E-state index in [-0.39, 0.29) is 5.54 Å². The van der Waals surface area contributed by atoms with Gasteiger partial charge in [-0.25, -0.2) is 0 Å². The van der Waals surface area contributed by atoms with Crippen LogP contribution >= 0.6 is 0 Å². The number of benzene rings is 2. The van der Waals surface area contributed by atoms with Crippen molar-refractivity contribution in [3.63, 3.8) is 0 Å². The molecule has 0 atom stereocenters. The fourth-order valence-corrected chi connectivity index (χ4v) is 4.28. The summed E-state index contributed by atoms with van der Waals surface area (Å²) in [5.41, 5.74) is 6.02. The number of aryl methyl sites for hydroxylation is 1. The van der Waals surface area contributed by atoms with Crippen LogP contribution in [0.4, 0.5) is 17.1 Å². The van der Waals surface area contributed by atoms with Crippen molar-refractivity contribution < 1.29 is 0 Å². The maximum absolute atomic E-state index is 5.07. The van der Waals surface area contributed by atoms with Crippen LogP contribution in [0.5, 0.6) is 0 Å². The SMILES string of the molecule is Cc1cccc(CN=C2Nc3cc(N(C)C)ccc3NC23CCCCC3)c1. The maximum Gasteiger partial charge on any atom is 0.127 e. The highest BCUT2D eigenvalue weighted by Crippen LogP contribution is 2.40. The van der Waals surface area contributed by atoms with Crippen LogP contribution in [-0.2, 0) is 6.54 Å². The molecule has 1 heterocycles. The normalized spacial score (nSPS) is 19.3. The Morgan fingerprint density at radius 2 is 1.81 bits per heavy atom. The number of amidine groups is 1. The van der Waals surface area contributed by atoms with Crippen LogP contribution < -0.4 is 15.5 Å². The average Bonchev–Trinajstić information content (AvgIpc) is 2.66. The number of nitrogens with one attached hydrogen (secondary N) is 2. The Balaban J connectivity index is 1.68. The van der Waals surface area contributed by atoms with Gasteiger partial charge in [0.05, 0.1) is 23.5 Å². The number of nitrogens with zero attached hydrogens (tertiary/aromatic N) is 2. The van der Waals surface area contributed by atoms with Gasteiger partial charge in [0.1, 0.15) is 5.84 Å². The van der Waals surface area contributed by atoms with E-state index >= 15 is 0 Å². The predicted molar refractivity (Wildman–Crippen MR) is 116 cm³/mol. The van der Waals surface area contributed by atoms with E-state index in [9.17, 15) is 0 Å². The maximum atomic E-state index is 5.07. The zero-order valence-electron chi connectivity index (χ0n) is 16.7. The molecule has 1 saturated carbocycles. The lowest BCUT2D eigenvalue weighted by atomic mass is 9.79. The summed E-state index contributed by atoms with van der Waals surface area (Å²) in [7, 11) is 4.15. The molecule has 2 aromatic carbocycles. The molecule has 0 aromatic heterocycles. The molecule has 2 N–H and O–H groups in total. The lowest BCUT2D eigenvalue weighted by molar-refractivity contribution is 0.403. The Morgan fingerprint density at radius 1 is 1.00 bits per heavy atom. The number of anilines is 3. The molecule has 27 heavy (non-hydrogen) atoms. The van der Waals surface area contributed by atoms with Gasteiger partial charge in [-0.1, -0.05) is 49.1 Å². The first-order chi connectivity index (χ1) is 13.1. The Labute approximate surface area is 162 Å². The average molecular weight is 363 g/mol. The molecule has 1 aliphatic heterocycles. The van der Waals surface area contributed by atoms with E-state index < -0.39 is 0 Å². The first-order valence-electron chi connectivity index (χ1n) is 10.0. The van der Waals surface area contributed by atoms with Crippen LogP contribution in [-0.4, -0.2) is 25.5 Å². The van der Waals surface area contributed by atoms with E-state index in [0.29, 0.717) is 0 Å². The van der Waals surface area contributed by atoms with Gasteiger partial charge in [-0.15, -0.1) is 0 Å². The second-order valence-corrected chi connectivity index (χ2v) is 8.17. The van der Waals surface area contributed by atoms with Crippen molar-refractivity contribution in [3.05, 3.63) is 53.6 Å². The molecule has 4 heteroatoms. The first-order valence-corrected chi connectivity index (χ1v) is 10.0. The Morgan fingerprint density at radius 3 is 2.56 bits per heavy atom. The minimum atomic E-state index is -0.0469. The Bertz CT molecular complexity index is 847. The van der Waals surface area contributed by atoms with Crippen molar-refractivity contribution in [1.29, 1.82) is 0 Å². The van der Waals surface area contributed by atoms with Crippen molar-refractivity contribution in [3.8, 4) is 0 Å². The Kier molecular flexibility index (Phi) is 4.81. The third-order valence-corrected chi connectivity index (χ3v) is 5.81. The summed E-state index contributed by atoms with van der Waals surface area (Å²) in [6.45, 7) is 2.86. The molecule has 1 aliphatic carbocycles. The topological polar surface area (TPSA) is 39.7 Å². The van der Waals surface area contributed by atoms with Crippen molar-refractivity contribution in [2.45, 2.75) is 51.1 Å². The molecule has 2 aromatic rings. The van der Waals surface area contributed by atoms with Crippen molar-refractivity contribution in [2.24, 2.45) is 4.99 Å². The van der Waals surface area contributed by atoms with E-state index in [0.717, 1.165) is 30.9 Å². The van der Waals surface area contributed by atoms with Crippen LogP contribution in [0.1, 0.15) is 43.2 Å². The molecule has 0 radical (unpaired) electrons. The van der Waals surface area contributed by atoms with Crippen LogP contribution in [0.2, 0.25) is 0 Å². The standard InChI is InChI=1S/C23H30N4/c1-17-8-7-9-18(14-17)16-24-22-23(12-5-4-6-13-23)26-20-11-10-19(27(2)3)15-21(20)25-22/h7-11,14-15,26H,4-6,12-13,16H2,1-3H3,(H,24,25). The van der Waals surface area contributed by atoms with E-state index in [1.54, 1.807) is 0 Å². The minimum absolute atomic E-state index is 0.0469. The molecular formula is C23H30N4. The van der Waals surface area contributed by atoms with E-state index in [4.69, 9.17) is 4.99 Å². The zero-order valence-corrected chi connectivity index (χ0v) is 16.7. The summed E-state index contributed by atoms with van der Waals surface area (Å²) in [6, 6.07) is 15.2. The first kappa shape index (κ1) is 17.9. The highest BCUT2D eigenvalue weighted by molar-refractivity contribution is 6.10. The van der Waals surface area contributed by atoms with E-state index in [2.05, 4.69) is 79.0 Å². The monoisotopic (exact) mass is 362 g/mol. The van der Waals surface area contributed by atoms with Crippen LogP contribution in [0, 0.1) is 6.92 Å². The summed E-state index contributed by atoms with van der Waals surface area (Å²) < 4.78 is 0. The van der Waals surface area contributed by atoms with Gasteiger partial charge in [-0.05, 0) is 43.5 Å². The largest absolute Gasteiger partial charge is 0.378 e. The molecule has 1 fully saturated rings. The molecule has 0 unspecified atom stereocenters. The number of fused-ring (bicyclic) bond motifs is 1. The lowest BCUT2D eigenvalue weighted by Crippen LogP contribution is -2.53. The van der Waals surface area contributed by atoms with Crippen molar-refractivity contribution in [2.75, 3.05) is 29.6 Å². The van der Waals surface area contributed by atoms with Crippen molar-refractivity contribution >= 4 is 22.9 Å². The van der Waals surface area contributed by atoms with Gasteiger partial charge in [-0.2, -0.15) is 0 Å². The molecule has 142 valence electrons. The zero-order chi connectivity index (χ0) is 18.9. The predicted octanol–water partition coefficient (Wildman–Crippen LogP) is 5.20. The number of aliphatic imine (C=N–C) groups is 1. The molecule has 2 aliphatic rings. The van der Waals surface area contributed by atoms with Gasteiger partial charge in [0.15, 0.2) is 0 Å². The Hall–Kier alpha value is -2.49. The van der Waals surface area contributed by atoms with Gasteiger partial charge >= 0.3 is 0 Å². The fourth-order valence-electron chi connectivity index (χ4n) is 4.28. The molecular weight excluding hydrogens is 332 g/mol. The van der Waals surface area contributed by atoms with Crippen molar-refractivity contribution in [1.82, 2.24) is 0 Å².